The van der Waals surface area contributed by atoms with Gasteiger partial charge in [0, 0.05) is 17.3 Å². The van der Waals surface area contributed by atoms with Gasteiger partial charge < -0.3 is 10.4 Å². The van der Waals surface area contributed by atoms with Crippen molar-refractivity contribution >= 4 is 23.2 Å². The molecule has 0 unspecified atom stereocenters. The van der Waals surface area contributed by atoms with Gasteiger partial charge in [0.1, 0.15) is 0 Å². The molecule has 0 bridgehead atoms. The molecule has 1 aromatic rings. The number of aliphatic hydroxyl groups excluding tert-OH is 1. The number of carbonyl (C=O) groups is 1. The number of hydrogen-bond acceptors (Lipinski definition) is 3. The van der Waals surface area contributed by atoms with Gasteiger partial charge in [-0.15, -0.1) is 0 Å². The second-order valence-corrected chi connectivity index (χ2v) is 4.72. The van der Waals surface area contributed by atoms with Gasteiger partial charge in [-0.2, -0.15) is 0 Å². The molecular formula is C13H17ClF2N2O2. The molecule has 0 spiro atoms. The van der Waals surface area contributed by atoms with E-state index in [1.165, 1.54) is 4.90 Å². The molecule has 0 aromatic heterocycles. The van der Waals surface area contributed by atoms with Crippen LogP contribution in [-0.4, -0.2) is 48.6 Å². The Morgan fingerprint density at radius 1 is 1.50 bits per heavy atom. The van der Waals surface area contributed by atoms with Gasteiger partial charge in [-0.1, -0.05) is 17.7 Å². The smallest absolute Gasteiger partial charge is 0.251 e. The molecular weight excluding hydrogens is 290 g/mol. The molecule has 1 aromatic carbocycles. The molecule has 20 heavy (non-hydrogen) atoms. The molecule has 4 nitrogen and oxygen atoms in total. The van der Waals surface area contributed by atoms with Crippen molar-refractivity contribution in [2.75, 3.05) is 31.6 Å². The Morgan fingerprint density at radius 3 is 2.80 bits per heavy atom. The minimum atomic E-state index is -2.55. The van der Waals surface area contributed by atoms with E-state index in [4.69, 9.17) is 16.7 Å². The molecule has 7 heteroatoms. The lowest BCUT2D eigenvalue weighted by Gasteiger charge is -2.20. The molecule has 0 atom stereocenters. The molecule has 0 fully saturated rings. The topological polar surface area (TPSA) is 52.6 Å². The van der Waals surface area contributed by atoms with E-state index in [0.29, 0.717) is 16.3 Å². The number of benzene rings is 1. The number of anilines is 1. The summed E-state index contributed by atoms with van der Waals surface area (Å²) in [5, 5.41) is 11.9. The molecule has 0 radical (unpaired) electrons. The first-order valence-corrected chi connectivity index (χ1v) is 6.48. The highest BCUT2D eigenvalue weighted by molar-refractivity contribution is 6.31. The fraction of sp³-hybridized carbons (Fsp3) is 0.462. The van der Waals surface area contributed by atoms with Crippen LogP contribution in [0.4, 0.5) is 14.5 Å². The van der Waals surface area contributed by atoms with Crippen LogP contribution in [0.2, 0.25) is 5.02 Å². The van der Waals surface area contributed by atoms with Crippen LogP contribution in [0.25, 0.3) is 0 Å². The number of nitrogens with one attached hydrogen (secondary N) is 1. The van der Waals surface area contributed by atoms with Crippen LogP contribution in [0, 0.1) is 6.92 Å². The number of nitrogens with zero attached hydrogens (tertiary/aromatic N) is 1. The minimum Gasteiger partial charge on any atom is -0.395 e. The van der Waals surface area contributed by atoms with Gasteiger partial charge in [-0.05, 0) is 24.6 Å². The van der Waals surface area contributed by atoms with Crippen LogP contribution in [-0.2, 0) is 4.79 Å². The second kappa shape index (κ2) is 8.14. The summed E-state index contributed by atoms with van der Waals surface area (Å²) in [5.74, 6) is -0.426. The molecule has 0 aliphatic heterocycles. The van der Waals surface area contributed by atoms with Crippen molar-refractivity contribution in [1.29, 1.82) is 0 Å². The predicted octanol–water partition coefficient (Wildman–Crippen LogP) is 2.15. The highest BCUT2D eigenvalue weighted by atomic mass is 35.5. The number of rotatable bonds is 7. The van der Waals surface area contributed by atoms with E-state index in [2.05, 4.69) is 5.32 Å². The van der Waals surface area contributed by atoms with Crippen LogP contribution in [0.3, 0.4) is 0 Å². The van der Waals surface area contributed by atoms with Crippen molar-refractivity contribution in [3.05, 3.63) is 28.8 Å². The van der Waals surface area contributed by atoms with Crippen molar-refractivity contribution in [3.8, 4) is 0 Å². The summed E-state index contributed by atoms with van der Waals surface area (Å²) in [6.45, 7) is 0.727. The first kappa shape index (κ1) is 16.8. The maximum absolute atomic E-state index is 12.3. The molecule has 1 amide bonds. The maximum Gasteiger partial charge on any atom is 0.251 e. The molecule has 0 saturated carbocycles. The summed E-state index contributed by atoms with van der Waals surface area (Å²) in [7, 11) is 0. The molecule has 2 N–H and O–H groups in total. The van der Waals surface area contributed by atoms with Gasteiger partial charge in [-0.3, -0.25) is 9.69 Å². The number of hydrogen-bond donors (Lipinski definition) is 2. The maximum atomic E-state index is 12.3. The van der Waals surface area contributed by atoms with Crippen molar-refractivity contribution in [2.45, 2.75) is 13.3 Å². The molecule has 0 aliphatic rings. The second-order valence-electron chi connectivity index (χ2n) is 4.31. The summed E-state index contributed by atoms with van der Waals surface area (Å²) in [5.41, 5.74) is 1.26. The van der Waals surface area contributed by atoms with Gasteiger partial charge in [0.15, 0.2) is 0 Å². The van der Waals surface area contributed by atoms with Gasteiger partial charge in [0.25, 0.3) is 6.43 Å². The average molecular weight is 307 g/mol. The van der Waals surface area contributed by atoms with Crippen LogP contribution in [0.1, 0.15) is 5.56 Å². The molecule has 0 heterocycles. The van der Waals surface area contributed by atoms with E-state index in [-0.39, 0.29) is 19.7 Å². The van der Waals surface area contributed by atoms with E-state index >= 15 is 0 Å². The van der Waals surface area contributed by atoms with E-state index in [9.17, 15) is 13.6 Å². The summed E-state index contributed by atoms with van der Waals surface area (Å²) >= 11 is 5.93. The van der Waals surface area contributed by atoms with Crippen molar-refractivity contribution < 1.29 is 18.7 Å². The number of amides is 1. The quantitative estimate of drug-likeness (QED) is 0.811. The fourth-order valence-corrected chi connectivity index (χ4v) is 1.88. The van der Waals surface area contributed by atoms with Crippen LogP contribution in [0.15, 0.2) is 18.2 Å². The standard InChI is InChI=1S/C13H17ClF2N2O2/c1-9-10(14)3-2-4-11(9)17-13(20)8-18(5-6-19)7-12(15)16/h2-4,12,19H,5-8H2,1H3,(H,17,20). The number of carbonyl (C=O) groups excluding carboxylic acids is 1. The first-order valence-electron chi connectivity index (χ1n) is 6.10. The van der Waals surface area contributed by atoms with E-state index in [1.54, 1.807) is 25.1 Å². The summed E-state index contributed by atoms with van der Waals surface area (Å²) in [6, 6.07) is 5.07. The Hall–Kier alpha value is -1.24. The number of alkyl halides is 2. The highest BCUT2D eigenvalue weighted by Gasteiger charge is 2.16. The lowest BCUT2D eigenvalue weighted by Crippen LogP contribution is -2.38. The molecule has 1 rings (SSSR count). The third-order valence-electron chi connectivity index (χ3n) is 2.72. The Kier molecular flexibility index (Phi) is 6.84. The van der Waals surface area contributed by atoms with Crippen molar-refractivity contribution in [3.63, 3.8) is 0 Å². The lowest BCUT2D eigenvalue weighted by atomic mass is 10.2. The van der Waals surface area contributed by atoms with Gasteiger partial charge >= 0.3 is 0 Å². The minimum absolute atomic E-state index is 0.0201. The Balaban J connectivity index is 2.63. The zero-order chi connectivity index (χ0) is 15.1. The van der Waals surface area contributed by atoms with Crippen LogP contribution >= 0.6 is 11.6 Å². The van der Waals surface area contributed by atoms with Crippen molar-refractivity contribution in [2.24, 2.45) is 0 Å². The van der Waals surface area contributed by atoms with Crippen LogP contribution in [0.5, 0.6) is 0 Å². The zero-order valence-electron chi connectivity index (χ0n) is 11.1. The van der Waals surface area contributed by atoms with E-state index in [0.717, 1.165) is 0 Å². The Labute approximate surface area is 121 Å². The number of aliphatic hydroxyl groups is 1. The first-order chi connectivity index (χ1) is 9.43. The summed E-state index contributed by atoms with van der Waals surface area (Å²) in [4.78, 5) is 13.0. The zero-order valence-corrected chi connectivity index (χ0v) is 11.8. The largest absolute Gasteiger partial charge is 0.395 e. The van der Waals surface area contributed by atoms with Gasteiger partial charge in [0.05, 0.1) is 19.7 Å². The SMILES string of the molecule is Cc1c(Cl)cccc1NC(=O)CN(CCO)CC(F)F. The Bertz CT molecular complexity index is 458. The Morgan fingerprint density at radius 2 is 2.20 bits per heavy atom. The third-order valence-corrected chi connectivity index (χ3v) is 3.13. The molecule has 0 aliphatic carbocycles. The predicted molar refractivity (Wildman–Crippen MR) is 74.3 cm³/mol. The summed E-state index contributed by atoms with van der Waals surface area (Å²) in [6.07, 6.45) is -2.55. The fourth-order valence-electron chi connectivity index (χ4n) is 1.71. The highest BCUT2D eigenvalue weighted by Crippen LogP contribution is 2.22. The number of halogens is 3. The van der Waals surface area contributed by atoms with E-state index in [1.807, 2.05) is 0 Å². The normalized spacial score (nSPS) is 11.2. The average Bonchev–Trinajstić information content (AvgIpc) is 2.34. The summed E-state index contributed by atoms with van der Waals surface area (Å²) < 4.78 is 24.7. The lowest BCUT2D eigenvalue weighted by molar-refractivity contribution is -0.117. The van der Waals surface area contributed by atoms with E-state index < -0.39 is 18.9 Å². The molecule has 0 saturated heterocycles. The van der Waals surface area contributed by atoms with Crippen molar-refractivity contribution in [1.82, 2.24) is 4.90 Å². The third kappa shape index (κ3) is 5.40. The van der Waals surface area contributed by atoms with Gasteiger partial charge in [0.2, 0.25) is 5.91 Å². The van der Waals surface area contributed by atoms with Crippen LogP contribution < -0.4 is 5.32 Å². The monoisotopic (exact) mass is 306 g/mol. The molecule has 112 valence electrons. The van der Waals surface area contributed by atoms with Gasteiger partial charge in [-0.25, -0.2) is 8.78 Å².